The molecule has 0 saturated heterocycles. The normalized spacial score (nSPS) is 24.2. The number of rotatable bonds is 4. The summed E-state index contributed by atoms with van der Waals surface area (Å²) in [5.41, 5.74) is 3.07. The highest BCUT2D eigenvalue weighted by molar-refractivity contribution is 6.12. The monoisotopic (exact) mass is 468 g/mol. The van der Waals surface area contributed by atoms with Crippen molar-refractivity contribution in [1.29, 1.82) is 0 Å². The van der Waals surface area contributed by atoms with E-state index in [9.17, 15) is 5.11 Å². The third-order valence-electron chi connectivity index (χ3n) is 7.31. The smallest absolute Gasteiger partial charge is 0.127 e. The fraction of sp³-hybridized carbons (Fsp3) is 0.357. The van der Waals surface area contributed by atoms with Crippen LogP contribution in [0.3, 0.4) is 0 Å². The van der Waals surface area contributed by atoms with Crippen molar-refractivity contribution in [3.63, 3.8) is 0 Å². The highest BCUT2D eigenvalue weighted by Gasteiger charge is 2.50. The lowest BCUT2D eigenvalue weighted by Gasteiger charge is -2.42. The van der Waals surface area contributed by atoms with Gasteiger partial charge in [0.25, 0.3) is 0 Å². The van der Waals surface area contributed by atoms with Crippen molar-refractivity contribution < 1.29 is 5.11 Å². The fourth-order valence-corrected chi connectivity index (χ4v) is 5.15. The zero-order chi connectivity index (χ0) is 25.1. The number of aromatic amines is 2. The van der Waals surface area contributed by atoms with E-state index >= 15 is 0 Å². The number of aromatic nitrogens is 4. The van der Waals surface area contributed by atoms with Crippen molar-refractivity contribution in [1.82, 2.24) is 20.4 Å². The van der Waals surface area contributed by atoms with Gasteiger partial charge in [0.15, 0.2) is 0 Å². The standard InChI is InChI=1S/C28H32N6O/c1-25(2,3)27(14-18(16-29-27)22-10-12-31-33-22)20-8-7-9-21(24(20)35)28(26(4,5)6)15-19(17-30-28)23-11-13-32-34-23/h7-17,35H,1-6H3,(H,31,33)(H,32,34). The Labute approximate surface area is 205 Å². The minimum atomic E-state index is -0.759. The number of nitrogens with zero attached hydrogens (tertiary/aromatic N) is 4. The number of nitrogens with one attached hydrogen (secondary N) is 2. The molecule has 7 heteroatoms. The molecule has 2 aliphatic rings. The van der Waals surface area contributed by atoms with E-state index in [1.54, 1.807) is 12.4 Å². The van der Waals surface area contributed by atoms with Crippen LogP contribution in [0.5, 0.6) is 5.75 Å². The summed E-state index contributed by atoms with van der Waals surface area (Å²) in [4.78, 5) is 10.0. The predicted octanol–water partition coefficient (Wildman–Crippen LogP) is 5.66. The van der Waals surface area contributed by atoms with E-state index in [2.05, 4.69) is 74.1 Å². The van der Waals surface area contributed by atoms with E-state index in [-0.39, 0.29) is 16.6 Å². The molecule has 35 heavy (non-hydrogen) atoms. The van der Waals surface area contributed by atoms with Crippen molar-refractivity contribution in [2.75, 3.05) is 0 Å². The number of hydrogen-bond acceptors (Lipinski definition) is 5. The molecule has 0 bridgehead atoms. The van der Waals surface area contributed by atoms with Crippen LogP contribution in [-0.4, -0.2) is 37.9 Å². The van der Waals surface area contributed by atoms with Crippen LogP contribution in [0.1, 0.15) is 64.1 Å². The summed E-state index contributed by atoms with van der Waals surface area (Å²) in [6, 6.07) is 9.80. The van der Waals surface area contributed by atoms with Crippen LogP contribution in [-0.2, 0) is 11.1 Å². The lowest BCUT2D eigenvalue weighted by molar-refractivity contribution is 0.231. The van der Waals surface area contributed by atoms with Crippen LogP contribution in [0.25, 0.3) is 11.1 Å². The average Bonchev–Trinajstić information content (AvgIpc) is 3.59. The number of phenolic OH excluding ortho intramolecular Hbond substituents is 1. The zero-order valence-corrected chi connectivity index (χ0v) is 21.1. The van der Waals surface area contributed by atoms with Gasteiger partial charge in [0.05, 0.1) is 11.4 Å². The van der Waals surface area contributed by atoms with Crippen LogP contribution in [0.15, 0.2) is 64.9 Å². The second-order valence-electron chi connectivity index (χ2n) is 11.4. The molecule has 0 spiro atoms. The van der Waals surface area contributed by atoms with Gasteiger partial charge in [0.2, 0.25) is 0 Å². The number of hydrogen-bond donors (Lipinski definition) is 3. The molecule has 4 heterocycles. The molecule has 0 fully saturated rings. The molecule has 1 aromatic carbocycles. The third-order valence-corrected chi connectivity index (χ3v) is 7.31. The maximum atomic E-state index is 12.0. The van der Waals surface area contributed by atoms with Crippen molar-refractivity contribution in [2.24, 2.45) is 20.8 Å². The van der Waals surface area contributed by atoms with Gasteiger partial charge in [-0.15, -0.1) is 0 Å². The van der Waals surface area contributed by atoms with Crippen LogP contribution in [0.2, 0.25) is 0 Å². The van der Waals surface area contributed by atoms with Gasteiger partial charge in [-0.05, 0) is 35.1 Å². The van der Waals surface area contributed by atoms with E-state index in [0.29, 0.717) is 0 Å². The third kappa shape index (κ3) is 3.40. The average molecular weight is 469 g/mol. The summed E-state index contributed by atoms with van der Waals surface area (Å²) in [5, 5.41) is 26.2. The van der Waals surface area contributed by atoms with Gasteiger partial charge in [0.1, 0.15) is 16.8 Å². The Balaban J connectivity index is 1.71. The first-order valence-corrected chi connectivity index (χ1v) is 11.9. The summed E-state index contributed by atoms with van der Waals surface area (Å²) in [6.45, 7) is 12.9. The fourth-order valence-electron chi connectivity index (χ4n) is 5.15. The summed E-state index contributed by atoms with van der Waals surface area (Å²) in [7, 11) is 0. The van der Waals surface area contributed by atoms with E-state index in [0.717, 1.165) is 33.7 Å². The molecule has 0 saturated carbocycles. The number of aromatic hydroxyl groups is 1. The number of benzene rings is 1. The Morgan fingerprint density at radius 2 is 1.11 bits per heavy atom. The van der Waals surface area contributed by atoms with E-state index < -0.39 is 11.1 Å². The second kappa shape index (κ2) is 7.63. The summed E-state index contributed by atoms with van der Waals surface area (Å²) < 4.78 is 0. The Morgan fingerprint density at radius 3 is 1.46 bits per heavy atom. The predicted molar refractivity (Wildman–Crippen MR) is 140 cm³/mol. The van der Waals surface area contributed by atoms with Crippen molar-refractivity contribution in [2.45, 2.75) is 52.6 Å². The molecule has 0 amide bonds. The van der Waals surface area contributed by atoms with Crippen LogP contribution in [0, 0.1) is 10.8 Å². The number of aliphatic imine (C=N–C) groups is 2. The molecule has 7 nitrogen and oxygen atoms in total. The minimum absolute atomic E-state index is 0.218. The largest absolute Gasteiger partial charge is 0.507 e. The number of para-hydroxylation sites is 1. The van der Waals surface area contributed by atoms with Gasteiger partial charge in [-0.1, -0.05) is 59.7 Å². The summed E-state index contributed by atoms with van der Waals surface area (Å²) in [5.74, 6) is 0.218. The van der Waals surface area contributed by atoms with Gasteiger partial charge in [0, 0.05) is 47.1 Å². The van der Waals surface area contributed by atoms with Crippen molar-refractivity contribution in [3.8, 4) is 5.75 Å². The number of H-pyrrole nitrogens is 2. The van der Waals surface area contributed by atoms with Crippen molar-refractivity contribution >= 4 is 23.6 Å². The molecule has 3 N–H and O–H groups in total. The SMILES string of the molecule is CC(C)(C)C1(c2cccc(C3(C(C)(C)C)C=C(c4ccn[nH]4)C=N3)c2O)C=C(c2ccn[nH]2)C=N1. The maximum absolute atomic E-state index is 12.0. The van der Waals surface area contributed by atoms with Gasteiger partial charge >= 0.3 is 0 Å². The molecule has 0 aliphatic carbocycles. The maximum Gasteiger partial charge on any atom is 0.127 e. The van der Waals surface area contributed by atoms with Crippen molar-refractivity contribution in [3.05, 3.63) is 77.4 Å². The topological polar surface area (TPSA) is 102 Å². The number of phenols is 1. The Morgan fingerprint density at radius 1 is 0.686 bits per heavy atom. The van der Waals surface area contributed by atoms with Gasteiger partial charge in [-0.3, -0.25) is 20.2 Å². The van der Waals surface area contributed by atoms with Gasteiger partial charge in [-0.2, -0.15) is 10.2 Å². The van der Waals surface area contributed by atoms with Crippen LogP contribution < -0.4 is 0 Å². The Bertz CT molecular complexity index is 1260. The quantitative estimate of drug-likeness (QED) is 0.460. The minimum Gasteiger partial charge on any atom is -0.507 e. The first-order valence-electron chi connectivity index (χ1n) is 11.9. The highest BCUT2D eigenvalue weighted by atomic mass is 16.3. The first-order chi connectivity index (χ1) is 16.5. The highest BCUT2D eigenvalue weighted by Crippen LogP contribution is 2.56. The summed E-state index contributed by atoms with van der Waals surface area (Å²) in [6.07, 6.45) is 11.5. The molecule has 2 atom stereocenters. The molecule has 2 unspecified atom stereocenters. The molecular formula is C28H32N6O. The molecule has 180 valence electrons. The number of allylic oxidation sites excluding steroid dienone is 2. The molecule has 0 radical (unpaired) electrons. The zero-order valence-electron chi connectivity index (χ0n) is 21.1. The lowest BCUT2D eigenvalue weighted by atomic mass is 9.66. The van der Waals surface area contributed by atoms with E-state index in [4.69, 9.17) is 9.98 Å². The Hall–Kier alpha value is -3.74. The first kappa shape index (κ1) is 23.0. The molecule has 3 aromatic rings. The molecule has 5 rings (SSSR count). The second-order valence-corrected chi connectivity index (χ2v) is 11.4. The molecule has 2 aliphatic heterocycles. The van der Waals surface area contributed by atoms with E-state index in [1.165, 1.54) is 0 Å². The van der Waals surface area contributed by atoms with Crippen LogP contribution >= 0.6 is 0 Å². The van der Waals surface area contributed by atoms with Gasteiger partial charge in [-0.25, -0.2) is 0 Å². The molecular weight excluding hydrogens is 436 g/mol. The Kier molecular flexibility index (Phi) is 5.02. The van der Waals surface area contributed by atoms with Crippen LogP contribution in [0.4, 0.5) is 0 Å². The molecule has 2 aromatic heterocycles. The lowest BCUT2D eigenvalue weighted by Crippen LogP contribution is -2.38. The van der Waals surface area contributed by atoms with E-state index in [1.807, 2.05) is 42.8 Å². The van der Waals surface area contributed by atoms with Gasteiger partial charge < -0.3 is 5.11 Å². The summed E-state index contributed by atoms with van der Waals surface area (Å²) >= 11 is 0.